The number of benzene rings is 2. The molecule has 0 unspecified atom stereocenters. The van der Waals surface area contributed by atoms with E-state index in [9.17, 15) is 19.2 Å². The summed E-state index contributed by atoms with van der Waals surface area (Å²) < 4.78 is 34.5. The van der Waals surface area contributed by atoms with E-state index in [1.807, 2.05) is 48.9 Å². The number of nitrogens with one attached hydrogen (secondary N) is 2. The lowest BCUT2D eigenvalue weighted by Crippen LogP contribution is -2.29. The number of amides is 2. The SMILES string of the molecule is COc1cc2c(c(OC)c1OC)-c1ccc(SC)c(=O)cc1[C@@H](NC(=O)CCSSCCC(=O)N[C@H]1CCc3cc(OC)c(OC)c(OC)c3-c3ccc(SC)c(=O)cc31)CC2. The molecule has 62 heavy (non-hydrogen) atoms. The van der Waals surface area contributed by atoms with Crippen molar-refractivity contribution in [1.82, 2.24) is 10.6 Å². The fraction of sp³-hybridized carbons (Fsp3) is 0.391. The molecule has 0 bridgehead atoms. The monoisotopic (exact) mass is 920 g/mol. The van der Waals surface area contributed by atoms with Gasteiger partial charge in [0.05, 0.1) is 64.5 Å². The Labute approximate surface area is 378 Å². The maximum absolute atomic E-state index is 13.5. The van der Waals surface area contributed by atoms with Crippen LogP contribution in [-0.2, 0) is 22.4 Å². The number of hydrogen-bond donors (Lipinski definition) is 2. The third-order valence-electron chi connectivity index (χ3n) is 11.0. The Hall–Kier alpha value is -4.64. The standard InChI is InChI=1S/C46H52N2O10S4/c1-53-35-21-25-9-13-31(29-23-33(49)37(59-7)15-11-27(29)41(25)45(57-5)43(35)55-3)47-39(51)17-19-61-62-20-18-40(52)48-32-14-10-26-22-36(54-2)44(56-4)46(58-6)42(26)28-12-16-38(60-8)34(50)24-30(28)32/h11-12,15-16,21-24,31-32H,9-10,13-14,17-20H2,1-8H3,(H,47,51)(H,48,52)/t31-,32-/m0/s1. The van der Waals surface area contributed by atoms with Gasteiger partial charge in [-0.1, -0.05) is 33.7 Å². The van der Waals surface area contributed by atoms with Crippen molar-refractivity contribution in [3.05, 3.63) is 91.2 Å². The number of methoxy groups -OCH3 is 6. The first-order chi connectivity index (χ1) is 30.0. The highest BCUT2D eigenvalue weighted by atomic mass is 33.1. The first kappa shape index (κ1) is 46.9. The molecule has 0 saturated carbocycles. The van der Waals surface area contributed by atoms with E-state index in [1.54, 1.807) is 54.8 Å². The largest absolute Gasteiger partial charge is 0.493 e. The lowest BCUT2D eigenvalue weighted by Gasteiger charge is -2.20. The molecular weight excluding hydrogens is 869 g/mol. The number of carbonyl (C=O) groups excluding carboxylic acids is 2. The third-order valence-corrected chi connectivity index (χ3v) is 15.0. The fourth-order valence-corrected chi connectivity index (χ4v) is 11.1. The van der Waals surface area contributed by atoms with Crippen molar-refractivity contribution < 1.29 is 38.0 Å². The Morgan fingerprint density at radius 1 is 0.565 bits per heavy atom. The zero-order valence-corrected chi connectivity index (χ0v) is 39.4. The highest BCUT2D eigenvalue weighted by Gasteiger charge is 2.32. The molecule has 0 heterocycles. The molecule has 4 aromatic rings. The van der Waals surface area contributed by atoms with Crippen LogP contribution in [0.4, 0.5) is 0 Å². The van der Waals surface area contributed by atoms with Gasteiger partial charge in [-0.15, -0.1) is 23.5 Å². The summed E-state index contributed by atoms with van der Waals surface area (Å²) in [7, 11) is 12.5. The Morgan fingerprint density at radius 3 is 1.29 bits per heavy atom. The smallest absolute Gasteiger partial charge is 0.221 e. The molecule has 0 saturated heterocycles. The highest BCUT2D eigenvalue weighted by molar-refractivity contribution is 8.76. The third kappa shape index (κ3) is 9.93. The summed E-state index contributed by atoms with van der Waals surface area (Å²) in [5, 5.41) is 6.42. The zero-order chi connectivity index (χ0) is 44.5. The van der Waals surface area contributed by atoms with Gasteiger partial charge in [0.15, 0.2) is 33.9 Å². The Balaban J connectivity index is 1.10. The number of ether oxygens (including phenoxy) is 6. The number of rotatable bonds is 17. The van der Waals surface area contributed by atoms with Crippen LogP contribution in [0, 0.1) is 0 Å². The van der Waals surface area contributed by atoms with Gasteiger partial charge in [-0.2, -0.15) is 0 Å². The molecule has 4 aromatic carbocycles. The van der Waals surface area contributed by atoms with Gasteiger partial charge in [-0.3, -0.25) is 19.2 Å². The Morgan fingerprint density at radius 2 is 0.952 bits per heavy atom. The van der Waals surface area contributed by atoms with E-state index in [1.165, 1.54) is 45.1 Å². The molecule has 6 rings (SSSR count). The molecule has 0 aromatic heterocycles. The average molecular weight is 921 g/mol. The van der Waals surface area contributed by atoms with E-state index < -0.39 is 12.1 Å². The molecule has 330 valence electrons. The summed E-state index contributed by atoms with van der Waals surface area (Å²) in [6, 6.07) is 13.7. The van der Waals surface area contributed by atoms with Gasteiger partial charge < -0.3 is 39.1 Å². The quantitative estimate of drug-likeness (QED) is 0.0595. The molecule has 2 amide bonds. The van der Waals surface area contributed by atoms with Gasteiger partial charge in [0.2, 0.25) is 23.3 Å². The van der Waals surface area contributed by atoms with Crippen LogP contribution < -0.4 is 49.9 Å². The van der Waals surface area contributed by atoms with Gasteiger partial charge in [0.25, 0.3) is 0 Å². The predicted octanol–water partition coefficient (Wildman–Crippen LogP) is 8.31. The molecule has 0 fully saturated rings. The van der Waals surface area contributed by atoms with E-state index in [0.29, 0.717) is 92.6 Å². The number of carbonyl (C=O) groups is 2. The van der Waals surface area contributed by atoms with Gasteiger partial charge >= 0.3 is 0 Å². The van der Waals surface area contributed by atoms with Gasteiger partial charge in [-0.05, 0) is 108 Å². The topological polar surface area (TPSA) is 148 Å². The molecule has 2 N–H and O–H groups in total. The summed E-state index contributed by atoms with van der Waals surface area (Å²) in [6.45, 7) is 0. The van der Waals surface area contributed by atoms with Crippen molar-refractivity contribution in [1.29, 1.82) is 0 Å². The van der Waals surface area contributed by atoms with E-state index in [0.717, 1.165) is 33.4 Å². The second kappa shape index (κ2) is 21.6. The van der Waals surface area contributed by atoms with Crippen LogP contribution in [0.2, 0.25) is 0 Å². The van der Waals surface area contributed by atoms with Crippen LogP contribution in [-0.4, -0.2) is 78.5 Å². The van der Waals surface area contributed by atoms with Gasteiger partial charge in [-0.25, -0.2) is 0 Å². The van der Waals surface area contributed by atoms with Crippen LogP contribution in [0.5, 0.6) is 34.5 Å². The summed E-state index contributed by atoms with van der Waals surface area (Å²) >= 11 is 2.74. The second-order valence-corrected chi connectivity index (χ2v) is 18.8. The summed E-state index contributed by atoms with van der Waals surface area (Å²) in [6.07, 6.45) is 6.52. The normalized spacial score (nSPS) is 15.0. The molecule has 0 spiro atoms. The number of fused-ring (bicyclic) bond motifs is 6. The summed E-state index contributed by atoms with van der Waals surface area (Å²) in [4.78, 5) is 54.9. The maximum atomic E-state index is 13.5. The molecule has 16 heteroatoms. The van der Waals surface area contributed by atoms with Crippen molar-refractivity contribution in [3.8, 4) is 56.8 Å². The number of hydrogen-bond acceptors (Lipinski definition) is 14. The van der Waals surface area contributed by atoms with E-state index in [-0.39, 0.29) is 35.5 Å². The van der Waals surface area contributed by atoms with Crippen LogP contribution in [0.3, 0.4) is 0 Å². The number of aryl methyl sites for hydroxylation is 2. The molecule has 2 aliphatic rings. The fourth-order valence-electron chi connectivity index (χ4n) is 8.15. The van der Waals surface area contributed by atoms with Crippen LogP contribution in [0.15, 0.2) is 67.9 Å². The molecular formula is C46H52N2O10S4. The summed E-state index contributed by atoms with van der Waals surface area (Å²) in [5.74, 6) is 3.76. The summed E-state index contributed by atoms with van der Waals surface area (Å²) in [5.41, 5.74) is 6.27. The van der Waals surface area contributed by atoms with Crippen molar-refractivity contribution >= 4 is 56.9 Å². The molecule has 12 nitrogen and oxygen atoms in total. The molecule has 0 aliphatic heterocycles. The van der Waals surface area contributed by atoms with Crippen molar-refractivity contribution in [2.24, 2.45) is 0 Å². The van der Waals surface area contributed by atoms with Crippen molar-refractivity contribution in [3.63, 3.8) is 0 Å². The Bertz CT molecular complexity index is 2280. The molecule has 2 aliphatic carbocycles. The maximum Gasteiger partial charge on any atom is 0.221 e. The van der Waals surface area contributed by atoms with Crippen LogP contribution in [0.1, 0.15) is 60.0 Å². The lowest BCUT2D eigenvalue weighted by molar-refractivity contribution is -0.122. The number of thioether (sulfide) groups is 2. The highest BCUT2D eigenvalue weighted by Crippen LogP contribution is 2.52. The second-order valence-electron chi connectivity index (χ2n) is 14.4. The minimum absolute atomic E-state index is 0.124. The average Bonchev–Trinajstić information content (AvgIpc) is 3.67. The Kier molecular flexibility index (Phi) is 16.3. The molecule has 0 radical (unpaired) electrons. The first-order valence-corrected chi connectivity index (χ1v) is 24.9. The minimum Gasteiger partial charge on any atom is -0.493 e. The van der Waals surface area contributed by atoms with E-state index in [4.69, 9.17) is 28.4 Å². The van der Waals surface area contributed by atoms with Crippen LogP contribution >= 0.6 is 45.1 Å². The predicted molar refractivity (Wildman–Crippen MR) is 252 cm³/mol. The minimum atomic E-state index is -0.429. The van der Waals surface area contributed by atoms with Crippen molar-refractivity contribution in [2.75, 3.05) is 66.7 Å². The van der Waals surface area contributed by atoms with E-state index >= 15 is 0 Å². The van der Waals surface area contributed by atoms with E-state index in [2.05, 4.69) is 10.6 Å². The van der Waals surface area contributed by atoms with Crippen molar-refractivity contribution in [2.45, 2.75) is 60.4 Å². The lowest BCUT2D eigenvalue weighted by atomic mass is 9.95. The van der Waals surface area contributed by atoms with Gasteiger partial charge in [0.1, 0.15) is 0 Å². The molecule has 2 atom stereocenters. The zero-order valence-electron chi connectivity index (χ0n) is 36.1. The van der Waals surface area contributed by atoms with Crippen LogP contribution in [0.25, 0.3) is 22.3 Å². The van der Waals surface area contributed by atoms with Gasteiger partial charge in [0, 0.05) is 35.5 Å². The first-order valence-electron chi connectivity index (χ1n) is 20.0.